The molecule has 100 valence electrons. The maximum atomic E-state index is 12.2. The van der Waals surface area contributed by atoms with Crippen molar-refractivity contribution in [1.29, 1.82) is 0 Å². The molecule has 6 heteroatoms. The van der Waals surface area contributed by atoms with Crippen LogP contribution in [0.1, 0.15) is 38.5 Å². The standard InChI is InChI=1S/C11H23N3O2S/c15-17(16,13-11-6-5-7-12-10-11)14-8-3-1-2-4-9-14/h11-13H,1-10H2/t11-/m1/s1. The van der Waals surface area contributed by atoms with E-state index < -0.39 is 10.2 Å². The predicted octanol–water partition coefficient (Wildman–Crippen LogP) is 0.449. The van der Waals surface area contributed by atoms with Gasteiger partial charge in [-0.05, 0) is 32.2 Å². The molecular formula is C11H23N3O2S. The molecule has 0 aromatic carbocycles. The highest BCUT2D eigenvalue weighted by Crippen LogP contribution is 2.13. The lowest BCUT2D eigenvalue weighted by molar-refractivity contribution is 0.384. The van der Waals surface area contributed by atoms with Crippen LogP contribution in [0.4, 0.5) is 0 Å². The van der Waals surface area contributed by atoms with Crippen molar-refractivity contribution >= 4 is 10.2 Å². The van der Waals surface area contributed by atoms with E-state index in [0.29, 0.717) is 13.1 Å². The van der Waals surface area contributed by atoms with Crippen LogP contribution in [0.25, 0.3) is 0 Å². The first kappa shape index (κ1) is 13.3. The molecule has 0 spiro atoms. The molecule has 2 aliphatic rings. The minimum absolute atomic E-state index is 0.0667. The van der Waals surface area contributed by atoms with E-state index in [1.165, 1.54) is 0 Å². The maximum absolute atomic E-state index is 12.2. The van der Waals surface area contributed by atoms with Gasteiger partial charge < -0.3 is 5.32 Å². The number of nitrogens with zero attached hydrogens (tertiary/aromatic N) is 1. The monoisotopic (exact) mass is 261 g/mol. The van der Waals surface area contributed by atoms with Gasteiger partial charge in [-0.25, -0.2) is 0 Å². The van der Waals surface area contributed by atoms with Crippen molar-refractivity contribution in [3.8, 4) is 0 Å². The van der Waals surface area contributed by atoms with Gasteiger partial charge in [0, 0.05) is 25.7 Å². The number of hydrogen-bond acceptors (Lipinski definition) is 3. The van der Waals surface area contributed by atoms with Crippen molar-refractivity contribution in [2.75, 3.05) is 26.2 Å². The fourth-order valence-corrected chi connectivity index (χ4v) is 4.03. The summed E-state index contributed by atoms with van der Waals surface area (Å²) in [5.74, 6) is 0. The number of hydrogen-bond donors (Lipinski definition) is 2. The number of nitrogens with one attached hydrogen (secondary N) is 2. The van der Waals surface area contributed by atoms with Crippen molar-refractivity contribution in [1.82, 2.24) is 14.3 Å². The van der Waals surface area contributed by atoms with Crippen LogP contribution < -0.4 is 10.0 Å². The van der Waals surface area contributed by atoms with Gasteiger partial charge in [0.15, 0.2) is 0 Å². The molecule has 0 bridgehead atoms. The molecule has 0 aliphatic carbocycles. The summed E-state index contributed by atoms with van der Waals surface area (Å²) in [4.78, 5) is 0. The van der Waals surface area contributed by atoms with E-state index >= 15 is 0 Å². The second-order valence-electron chi connectivity index (χ2n) is 4.98. The van der Waals surface area contributed by atoms with Crippen LogP contribution in [0, 0.1) is 0 Å². The van der Waals surface area contributed by atoms with E-state index in [4.69, 9.17) is 0 Å². The van der Waals surface area contributed by atoms with E-state index in [-0.39, 0.29) is 6.04 Å². The van der Waals surface area contributed by atoms with Gasteiger partial charge in [0.2, 0.25) is 0 Å². The first-order valence-electron chi connectivity index (χ1n) is 6.66. The van der Waals surface area contributed by atoms with Crippen molar-refractivity contribution in [3.63, 3.8) is 0 Å². The molecule has 0 aromatic rings. The molecule has 0 aromatic heterocycles. The maximum Gasteiger partial charge on any atom is 0.279 e. The Bertz CT molecular complexity index is 318. The van der Waals surface area contributed by atoms with Crippen molar-refractivity contribution in [2.45, 2.75) is 44.6 Å². The number of piperidine rings is 1. The topological polar surface area (TPSA) is 61.4 Å². The van der Waals surface area contributed by atoms with Gasteiger partial charge in [-0.3, -0.25) is 0 Å². The SMILES string of the molecule is O=S(=O)(N[C@@H]1CCCNC1)N1CCCCCC1. The molecule has 2 N–H and O–H groups in total. The molecular weight excluding hydrogens is 238 g/mol. The predicted molar refractivity (Wildman–Crippen MR) is 68.0 cm³/mol. The van der Waals surface area contributed by atoms with Gasteiger partial charge in [-0.15, -0.1) is 0 Å². The molecule has 1 atom stereocenters. The fraction of sp³-hybridized carbons (Fsp3) is 1.00. The lowest BCUT2D eigenvalue weighted by Crippen LogP contribution is -2.50. The minimum atomic E-state index is -3.26. The van der Waals surface area contributed by atoms with Crippen molar-refractivity contribution < 1.29 is 8.42 Å². The average Bonchev–Trinajstić information content (AvgIpc) is 2.58. The second kappa shape index (κ2) is 6.13. The summed E-state index contributed by atoms with van der Waals surface area (Å²) in [7, 11) is -3.26. The van der Waals surface area contributed by atoms with Crippen LogP contribution in [-0.4, -0.2) is 44.9 Å². The normalized spacial score (nSPS) is 28.8. The smallest absolute Gasteiger partial charge is 0.279 e. The van der Waals surface area contributed by atoms with E-state index in [0.717, 1.165) is 51.6 Å². The second-order valence-corrected chi connectivity index (χ2v) is 6.68. The largest absolute Gasteiger partial charge is 0.315 e. The molecule has 2 rings (SSSR count). The van der Waals surface area contributed by atoms with Crippen molar-refractivity contribution in [3.05, 3.63) is 0 Å². The molecule has 0 amide bonds. The van der Waals surface area contributed by atoms with Crippen LogP contribution in [0.2, 0.25) is 0 Å². The van der Waals surface area contributed by atoms with Crippen LogP contribution in [-0.2, 0) is 10.2 Å². The average molecular weight is 261 g/mol. The van der Waals surface area contributed by atoms with E-state index in [2.05, 4.69) is 10.0 Å². The highest BCUT2D eigenvalue weighted by molar-refractivity contribution is 7.87. The fourth-order valence-electron chi connectivity index (χ4n) is 2.52. The molecule has 5 nitrogen and oxygen atoms in total. The van der Waals surface area contributed by atoms with Crippen LogP contribution in [0.3, 0.4) is 0 Å². The third kappa shape index (κ3) is 3.91. The van der Waals surface area contributed by atoms with Crippen LogP contribution in [0.5, 0.6) is 0 Å². The highest BCUT2D eigenvalue weighted by atomic mass is 32.2. The van der Waals surface area contributed by atoms with Gasteiger partial charge >= 0.3 is 0 Å². The highest BCUT2D eigenvalue weighted by Gasteiger charge is 2.26. The van der Waals surface area contributed by atoms with E-state index in [9.17, 15) is 8.42 Å². The quantitative estimate of drug-likeness (QED) is 0.775. The Labute approximate surface area is 104 Å². The van der Waals surface area contributed by atoms with E-state index in [1.807, 2.05) is 0 Å². The molecule has 0 radical (unpaired) electrons. The minimum Gasteiger partial charge on any atom is -0.315 e. The summed E-state index contributed by atoms with van der Waals surface area (Å²) in [5.41, 5.74) is 0. The zero-order valence-corrected chi connectivity index (χ0v) is 11.1. The molecule has 2 aliphatic heterocycles. The summed E-state index contributed by atoms with van der Waals surface area (Å²) in [5, 5.41) is 3.23. The Morgan fingerprint density at radius 2 is 1.76 bits per heavy atom. The zero-order chi connectivity index (χ0) is 12.1. The zero-order valence-electron chi connectivity index (χ0n) is 10.3. The lowest BCUT2D eigenvalue weighted by Gasteiger charge is -2.27. The third-order valence-electron chi connectivity index (χ3n) is 3.52. The summed E-state index contributed by atoms with van der Waals surface area (Å²) >= 11 is 0. The summed E-state index contributed by atoms with van der Waals surface area (Å²) in [6.45, 7) is 3.11. The lowest BCUT2D eigenvalue weighted by atomic mass is 10.1. The number of rotatable bonds is 3. The Hall–Kier alpha value is -0.170. The Kier molecular flexibility index (Phi) is 4.78. The van der Waals surface area contributed by atoms with Gasteiger partial charge in [0.05, 0.1) is 0 Å². The molecule has 2 saturated heterocycles. The first-order chi connectivity index (χ1) is 8.18. The van der Waals surface area contributed by atoms with Crippen molar-refractivity contribution in [2.24, 2.45) is 0 Å². The summed E-state index contributed by atoms with van der Waals surface area (Å²) in [6.07, 6.45) is 6.27. The molecule has 0 saturated carbocycles. The Balaban J connectivity index is 1.91. The first-order valence-corrected chi connectivity index (χ1v) is 8.10. The van der Waals surface area contributed by atoms with Gasteiger partial charge in [0.1, 0.15) is 0 Å². The van der Waals surface area contributed by atoms with Crippen LogP contribution >= 0.6 is 0 Å². The van der Waals surface area contributed by atoms with Crippen LogP contribution in [0.15, 0.2) is 0 Å². The summed E-state index contributed by atoms with van der Waals surface area (Å²) < 4.78 is 28.8. The molecule has 2 heterocycles. The summed E-state index contributed by atoms with van der Waals surface area (Å²) in [6, 6.07) is 0.0667. The van der Waals surface area contributed by atoms with Gasteiger partial charge in [-0.2, -0.15) is 17.4 Å². The molecule has 0 unspecified atom stereocenters. The van der Waals surface area contributed by atoms with Gasteiger partial charge in [0.25, 0.3) is 10.2 Å². The Morgan fingerprint density at radius 1 is 1.06 bits per heavy atom. The van der Waals surface area contributed by atoms with E-state index in [1.54, 1.807) is 4.31 Å². The molecule has 2 fully saturated rings. The Morgan fingerprint density at radius 3 is 2.35 bits per heavy atom. The van der Waals surface area contributed by atoms with Gasteiger partial charge in [-0.1, -0.05) is 12.8 Å². The third-order valence-corrected chi connectivity index (χ3v) is 5.19. The molecule has 17 heavy (non-hydrogen) atoms.